The number of amides is 2. The third kappa shape index (κ3) is 2.99. The summed E-state index contributed by atoms with van der Waals surface area (Å²) < 4.78 is 15.6. The van der Waals surface area contributed by atoms with Crippen LogP contribution < -0.4 is 5.32 Å². The van der Waals surface area contributed by atoms with Crippen LogP contribution in [0.1, 0.15) is 36.8 Å². The summed E-state index contributed by atoms with van der Waals surface area (Å²) >= 11 is 0. The SMILES string of the molecule is O=C1C[C@H](C(=O)N2CCC(n3cnnc3)CC2)c2cc(F)ccc2N1. The van der Waals surface area contributed by atoms with Crippen molar-refractivity contribution in [1.82, 2.24) is 19.7 Å². The van der Waals surface area contributed by atoms with Crippen LogP contribution in [-0.4, -0.2) is 44.6 Å². The maximum absolute atomic E-state index is 13.6. The van der Waals surface area contributed by atoms with Gasteiger partial charge < -0.3 is 14.8 Å². The van der Waals surface area contributed by atoms with Gasteiger partial charge in [0.25, 0.3) is 0 Å². The molecule has 0 unspecified atom stereocenters. The summed E-state index contributed by atoms with van der Waals surface area (Å²) in [5, 5.41) is 10.3. The predicted octanol–water partition coefficient (Wildman–Crippen LogP) is 1.71. The highest BCUT2D eigenvalue weighted by Gasteiger charge is 2.35. The number of benzene rings is 1. The van der Waals surface area contributed by atoms with Crippen molar-refractivity contribution in [3.63, 3.8) is 0 Å². The standard InChI is InChI=1S/C17H18FN5O2/c18-11-1-2-15-13(7-11)14(8-16(24)21-15)17(25)22-5-3-12(4-6-22)23-9-19-20-10-23/h1-2,7,9-10,12,14H,3-6,8H2,(H,21,24)/t14-/m0/s1. The molecule has 2 amide bonds. The largest absolute Gasteiger partial charge is 0.342 e. The molecule has 1 aromatic heterocycles. The zero-order valence-corrected chi connectivity index (χ0v) is 13.6. The van der Waals surface area contributed by atoms with E-state index in [9.17, 15) is 14.0 Å². The highest BCUT2D eigenvalue weighted by atomic mass is 19.1. The van der Waals surface area contributed by atoms with Gasteiger partial charge in [-0.25, -0.2) is 4.39 Å². The van der Waals surface area contributed by atoms with Crippen LogP contribution in [0.3, 0.4) is 0 Å². The minimum Gasteiger partial charge on any atom is -0.342 e. The van der Waals surface area contributed by atoms with Crippen LogP contribution in [0.2, 0.25) is 0 Å². The van der Waals surface area contributed by atoms with Crippen LogP contribution in [0.15, 0.2) is 30.9 Å². The first-order valence-corrected chi connectivity index (χ1v) is 8.34. The van der Waals surface area contributed by atoms with Gasteiger partial charge >= 0.3 is 0 Å². The number of halogens is 1. The number of hydrogen-bond donors (Lipinski definition) is 1. The Kier molecular flexibility index (Phi) is 3.95. The monoisotopic (exact) mass is 343 g/mol. The van der Waals surface area contributed by atoms with Gasteiger partial charge in [-0.2, -0.15) is 0 Å². The summed E-state index contributed by atoms with van der Waals surface area (Å²) in [5.74, 6) is -1.34. The van der Waals surface area contributed by atoms with Gasteiger partial charge in [0.1, 0.15) is 18.5 Å². The van der Waals surface area contributed by atoms with E-state index in [0.717, 1.165) is 12.8 Å². The van der Waals surface area contributed by atoms with Crippen molar-refractivity contribution in [2.24, 2.45) is 0 Å². The molecule has 3 heterocycles. The molecule has 1 N–H and O–H groups in total. The molecule has 0 spiro atoms. The molecule has 1 aromatic carbocycles. The number of carbonyl (C=O) groups is 2. The molecule has 1 fully saturated rings. The average Bonchev–Trinajstić information content (AvgIpc) is 3.16. The molecular formula is C17H18FN5O2. The molecule has 25 heavy (non-hydrogen) atoms. The molecule has 0 bridgehead atoms. The van der Waals surface area contributed by atoms with E-state index in [4.69, 9.17) is 0 Å². The van der Waals surface area contributed by atoms with Gasteiger partial charge in [0.15, 0.2) is 0 Å². The Morgan fingerprint density at radius 2 is 1.92 bits per heavy atom. The highest BCUT2D eigenvalue weighted by Crippen LogP contribution is 2.35. The van der Waals surface area contributed by atoms with E-state index in [1.54, 1.807) is 17.6 Å². The molecule has 0 saturated carbocycles. The van der Waals surface area contributed by atoms with Crippen LogP contribution in [-0.2, 0) is 9.59 Å². The van der Waals surface area contributed by atoms with E-state index in [2.05, 4.69) is 15.5 Å². The topological polar surface area (TPSA) is 80.1 Å². The lowest BCUT2D eigenvalue weighted by molar-refractivity contribution is -0.136. The van der Waals surface area contributed by atoms with Crippen LogP contribution in [0.4, 0.5) is 10.1 Å². The van der Waals surface area contributed by atoms with E-state index in [0.29, 0.717) is 24.3 Å². The Labute approximate surface area is 143 Å². The van der Waals surface area contributed by atoms with E-state index in [1.165, 1.54) is 18.2 Å². The molecule has 1 atom stereocenters. The van der Waals surface area contributed by atoms with Crippen molar-refractivity contribution in [3.05, 3.63) is 42.2 Å². The predicted molar refractivity (Wildman–Crippen MR) is 87.3 cm³/mol. The quantitative estimate of drug-likeness (QED) is 0.900. The number of rotatable bonds is 2. The van der Waals surface area contributed by atoms with Crippen LogP contribution in [0, 0.1) is 5.82 Å². The second-order valence-corrected chi connectivity index (χ2v) is 6.50. The lowest BCUT2D eigenvalue weighted by Gasteiger charge is -2.35. The fraction of sp³-hybridized carbons (Fsp3) is 0.412. The highest BCUT2D eigenvalue weighted by molar-refractivity contribution is 6.01. The van der Waals surface area contributed by atoms with E-state index in [-0.39, 0.29) is 24.3 Å². The Hall–Kier alpha value is -2.77. The van der Waals surface area contributed by atoms with E-state index >= 15 is 0 Å². The van der Waals surface area contributed by atoms with Gasteiger partial charge in [0.05, 0.1) is 5.92 Å². The molecule has 4 rings (SSSR count). The second-order valence-electron chi connectivity index (χ2n) is 6.50. The van der Waals surface area contributed by atoms with Crippen molar-refractivity contribution in [2.45, 2.75) is 31.2 Å². The van der Waals surface area contributed by atoms with Crippen molar-refractivity contribution < 1.29 is 14.0 Å². The molecule has 8 heteroatoms. The number of likely N-dealkylation sites (tertiary alicyclic amines) is 1. The Morgan fingerprint density at radius 3 is 2.64 bits per heavy atom. The average molecular weight is 343 g/mol. The maximum Gasteiger partial charge on any atom is 0.230 e. The van der Waals surface area contributed by atoms with Gasteiger partial charge in [-0.15, -0.1) is 10.2 Å². The first kappa shape index (κ1) is 15.7. The smallest absolute Gasteiger partial charge is 0.230 e. The maximum atomic E-state index is 13.6. The number of nitrogens with one attached hydrogen (secondary N) is 1. The molecule has 2 aliphatic heterocycles. The van der Waals surface area contributed by atoms with Crippen LogP contribution in [0.5, 0.6) is 0 Å². The fourth-order valence-electron chi connectivity index (χ4n) is 3.65. The number of nitrogens with zero attached hydrogens (tertiary/aromatic N) is 4. The number of hydrogen-bond acceptors (Lipinski definition) is 4. The zero-order chi connectivity index (χ0) is 17.4. The second kappa shape index (κ2) is 6.27. The molecular weight excluding hydrogens is 325 g/mol. The van der Waals surface area contributed by atoms with Gasteiger partial charge in [0, 0.05) is 31.2 Å². The molecule has 0 radical (unpaired) electrons. The van der Waals surface area contributed by atoms with E-state index < -0.39 is 11.7 Å². The summed E-state index contributed by atoms with van der Waals surface area (Å²) in [6, 6.07) is 4.43. The molecule has 7 nitrogen and oxygen atoms in total. The van der Waals surface area contributed by atoms with Gasteiger partial charge in [-0.05, 0) is 36.6 Å². The van der Waals surface area contributed by atoms with Crippen molar-refractivity contribution in [3.8, 4) is 0 Å². The Bertz CT molecular complexity index is 799. The number of carbonyl (C=O) groups excluding carboxylic acids is 2. The molecule has 0 aliphatic carbocycles. The van der Waals surface area contributed by atoms with Crippen molar-refractivity contribution in [2.75, 3.05) is 18.4 Å². The first-order chi connectivity index (χ1) is 12.1. The van der Waals surface area contributed by atoms with E-state index in [1.807, 2.05) is 4.57 Å². The Balaban J connectivity index is 1.50. The lowest BCUT2D eigenvalue weighted by atomic mass is 9.88. The zero-order valence-electron chi connectivity index (χ0n) is 13.6. The number of fused-ring (bicyclic) bond motifs is 1. The van der Waals surface area contributed by atoms with Gasteiger partial charge in [0.2, 0.25) is 11.8 Å². The van der Waals surface area contributed by atoms with Crippen molar-refractivity contribution >= 4 is 17.5 Å². The number of aromatic nitrogens is 3. The van der Waals surface area contributed by atoms with Crippen LogP contribution >= 0.6 is 0 Å². The lowest BCUT2D eigenvalue weighted by Crippen LogP contribution is -2.43. The summed E-state index contributed by atoms with van der Waals surface area (Å²) in [6.07, 6.45) is 5.04. The van der Waals surface area contributed by atoms with Gasteiger partial charge in [-0.1, -0.05) is 0 Å². The number of anilines is 1. The summed E-state index contributed by atoms with van der Waals surface area (Å²) in [6.45, 7) is 1.20. The van der Waals surface area contributed by atoms with Crippen LogP contribution in [0.25, 0.3) is 0 Å². The molecule has 130 valence electrons. The summed E-state index contributed by atoms with van der Waals surface area (Å²) in [4.78, 5) is 26.7. The normalized spacial score (nSPS) is 20.9. The first-order valence-electron chi connectivity index (χ1n) is 8.34. The van der Waals surface area contributed by atoms with Crippen molar-refractivity contribution in [1.29, 1.82) is 0 Å². The minimum atomic E-state index is -0.620. The summed E-state index contributed by atoms with van der Waals surface area (Å²) in [7, 11) is 0. The third-order valence-corrected chi connectivity index (χ3v) is 4.99. The number of piperidine rings is 1. The molecule has 1 saturated heterocycles. The minimum absolute atomic E-state index is 0.0562. The van der Waals surface area contributed by atoms with Gasteiger partial charge in [-0.3, -0.25) is 9.59 Å². The molecule has 2 aromatic rings. The Morgan fingerprint density at radius 1 is 1.20 bits per heavy atom. The third-order valence-electron chi connectivity index (χ3n) is 4.99. The molecule has 2 aliphatic rings. The summed E-state index contributed by atoms with van der Waals surface area (Å²) in [5.41, 5.74) is 1.08. The fourth-order valence-corrected chi connectivity index (χ4v) is 3.65.